The van der Waals surface area contributed by atoms with Crippen molar-refractivity contribution in [2.45, 2.75) is 52.4 Å². The van der Waals surface area contributed by atoms with Crippen molar-refractivity contribution >= 4 is 50.5 Å². The van der Waals surface area contributed by atoms with E-state index in [0.29, 0.717) is 5.82 Å². The molecule has 0 amide bonds. The van der Waals surface area contributed by atoms with Gasteiger partial charge in [0, 0.05) is 82.0 Å². The van der Waals surface area contributed by atoms with Crippen LogP contribution in [0.5, 0.6) is 0 Å². The van der Waals surface area contributed by atoms with E-state index < -0.39 is 0 Å². The largest absolute Gasteiger partial charge is 1.00 e. The summed E-state index contributed by atoms with van der Waals surface area (Å²) in [5, 5.41) is 9.39. The van der Waals surface area contributed by atoms with Crippen LogP contribution in [0.25, 0.3) is 50.5 Å². The van der Waals surface area contributed by atoms with Gasteiger partial charge < -0.3 is 53.6 Å². The Labute approximate surface area is 470 Å². The van der Waals surface area contributed by atoms with Gasteiger partial charge in [0.15, 0.2) is 11.4 Å². The molecule has 0 saturated heterocycles. The predicted octanol–water partition coefficient (Wildman–Crippen LogP) is 3.23. The number of benzene rings is 8. The number of nitrogens with zero attached hydrogens (tertiary/aromatic N) is 8. The number of tetrazole rings is 1. The van der Waals surface area contributed by atoms with Crippen molar-refractivity contribution in [3.63, 3.8) is 0 Å². The minimum atomic E-state index is 0. The van der Waals surface area contributed by atoms with Gasteiger partial charge in [0.25, 0.3) is 0 Å². The molecule has 10 nitrogen and oxygen atoms in total. The molecule has 0 radical (unpaired) electrons. The topological polar surface area (TPSA) is 110 Å². The highest BCUT2D eigenvalue weighted by Gasteiger charge is 2.43. The summed E-state index contributed by atoms with van der Waals surface area (Å²) in [7, 11) is 4.34. The lowest BCUT2D eigenvalue weighted by molar-refractivity contribution is -0.734. The zero-order valence-corrected chi connectivity index (χ0v) is 46.8. The maximum absolute atomic E-state index is 6.17. The highest BCUT2D eigenvalue weighted by molar-refractivity contribution is 6.03. The van der Waals surface area contributed by atoms with Gasteiger partial charge in [-0.2, -0.15) is 4.58 Å². The zero-order valence-electron chi connectivity index (χ0n) is 44.6. The second-order valence-corrected chi connectivity index (χ2v) is 20.0. The number of rotatable bonds is 6. The number of aromatic nitrogens is 6. The Hall–Kier alpha value is -8.15. The second kappa shape index (κ2) is 23.4. The normalized spacial score (nSPS) is 14.1. The molecule has 10 aromatic rings. The quantitative estimate of drug-likeness (QED) is 0.151. The number of likely N-dealkylation sites (N-methyl/N-ethyl adjacent to an activating group) is 1. The van der Waals surface area contributed by atoms with E-state index in [-0.39, 0.29) is 48.1 Å². The SMILES string of the molecule is CN1C(=CC=CC2=[N+](C)c3ccccc3C2(C)C)C(C)(C)c2ccccc21.Cc1cc2nc3cc(C)c(N)cc3[n+](-c3ccccc3)c2cc1N.[Cl-].[Cl-].[Cl-].c1ccc(-c2nn(-c3ccccc3)[n+](-c3ccccc3)n2)cc1. The van der Waals surface area contributed by atoms with Crippen LogP contribution in [0.2, 0.25) is 0 Å². The smallest absolute Gasteiger partial charge is 0.340 e. The van der Waals surface area contributed by atoms with E-state index in [2.05, 4.69) is 135 Å². The van der Waals surface area contributed by atoms with Crippen LogP contribution in [0.4, 0.5) is 22.7 Å². The van der Waals surface area contributed by atoms with Gasteiger partial charge in [-0.1, -0.05) is 129 Å². The molecule has 390 valence electrons. The third kappa shape index (κ3) is 11.0. The van der Waals surface area contributed by atoms with Crippen LogP contribution in [0.1, 0.15) is 49.9 Å². The summed E-state index contributed by atoms with van der Waals surface area (Å²) in [6.45, 7) is 13.2. The van der Waals surface area contributed by atoms with Crippen molar-refractivity contribution in [2.24, 2.45) is 0 Å². The Balaban J connectivity index is 0.000000165. The number of nitrogen functional groups attached to an aromatic ring is 2. The molecule has 0 atom stereocenters. The zero-order chi connectivity index (χ0) is 51.7. The van der Waals surface area contributed by atoms with Crippen LogP contribution in [0.3, 0.4) is 0 Å². The van der Waals surface area contributed by atoms with E-state index >= 15 is 0 Å². The van der Waals surface area contributed by atoms with Crippen molar-refractivity contribution in [2.75, 3.05) is 30.5 Å². The highest BCUT2D eigenvalue weighted by Crippen LogP contribution is 2.47. The summed E-state index contributed by atoms with van der Waals surface area (Å²) in [6.07, 6.45) is 6.78. The molecule has 0 aliphatic carbocycles. The molecule has 4 N–H and O–H groups in total. The second-order valence-electron chi connectivity index (χ2n) is 20.0. The number of hydrogen-bond donors (Lipinski definition) is 2. The van der Waals surface area contributed by atoms with Gasteiger partial charge in [-0.25, -0.2) is 4.98 Å². The first-order chi connectivity index (χ1) is 35.7. The summed E-state index contributed by atoms with van der Waals surface area (Å²) in [6, 6.07) is 65.7. The van der Waals surface area contributed by atoms with E-state index in [4.69, 9.17) is 26.6 Å². The Morgan fingerprint density at radius 2 is 1.05 bits per heavy atom. The fourth-order valence-corrected chi connectivity index (χ4v) is 10.3. The Bertz CT molecular complexity index is 3680. The Kier molecular flexibility index (Phi) is 17.2. The van der Waals surface area contributed by atoms with Crippen LogP contribution in [-0.2, 0) is 10.8 Å². The van der Waals surface area contributed by atoms with Crippen LogP contribution in [0.15, 0.2) is 218 Å². The highest BCUT2D eigenvalue weighted by atomic mass is 35.5. The van der Waals surface area contributed by atoms with Crippen LogP contribution < -0.4 is 63.0 Å². The molecule has 0 saturated carbocycles. The molecule has 2 aliphatic rings. The van der Waals surface area contributed by atoms with Crippen LogP contribution >= 0.6 is 0 Å². The fraction of sp³-hybridized carbons (Fsp3) is 0.156. The molecule has 0 spiro atoms. The van der Waals surface area contributed by atoms with Crippen molar-refractivity contribution in [1.29, 1.82) is 0 Å². The number of halogens is 3. The minimum Gasteiger partial charge on any atom is -1.00 e. The lowest BCUT2D eigenvalue weighted by atomic mass is 9.81. The third-order valence-corrected chi connectivity index (χ3v) is 14.4. The Morgan fingerprint density at radius 1 is 0.558 bits per heavy atom. The molecular weight excluding hydrogens is 1020 g/mol. The van der Waals surface area contributed by atoms with Crippen molar-refractivity contribution < 1.29 is 51.2 Å². The van der Waals surface area contributed by atoms with Crippen LogP contribution in [-0.4, -0.2) is 44.4 Å². The summed E-state index contributed by atoms with van der Waals surface area (Å²) >= 11 is 0. The summed E-state index contributed by atoms with van der Waals surface area (Å²) in [5.41, 5.74) is 31.8. The lowest BCUT2D eigenvalue weighted by Crippen LogP contribution is -3.00. The van der Waals surface area contributed by atoms with Gasteiger partial charge in [0.05, 0.1) is 16.1 Å². The summed E-state index contributed by atoms with van der Waals surface area (Å²) in [5.74, 6) is 0.693. The number of allylic oxidation sites excluding steroid dienone is 4. The van der Waals surface area contributed by atoms with Gasteiger partial charge >= 0.3 is 5.82 Å². The number of para-hydroxylation sites is 5. The molecule has 13 heteroatoms. The average Bonchev–Trinajstić information content (AvgIpc) is 4.12. The molecular formula is C64H63Cl3N10. The molecule has 2 aromatic heterocycles. The molecule has 8 aromatic carbocycles. The van der Waals surface area contributed by atoms with Gasteiger partial charge in [-0.15, -0.1) is 4.57 Å². The molecule has 77 heavy (non-hydrogen) atoms. The third-order valence-electron chi connectivity index (χ3n) is 14.4. The van der Waals surface area contributed by atoms with Gasteiger partial charge in [-0.05, 0) is 115 Å². The molecule has 0 unspecified atom stereocenters. The molecule has 12 rings (SSSR count). The summed E-state index contributed by atoms with van der Waals surface area (Å²) in [4.78, 5) is 10.8. The van der Waals surface area contributed by atoms with E-state index in [1.54, 1.807) is 0 Å². The van der Waals surface area contributed by atoms with Crippen molar-refractivity contribution in [3.8, 4) is 28.5 Å². The monoisotopic (exact) mass is 1080 g/mol. The maximum atomic E-state index is 6.17. The molecule has 0 fully saturated rings. The first kappa shape index (κ1) is 56.6. The van der Waals surface area contributed by atoms with Crippen molar-refractivity contribution in [1.82, 2.24) is 20.0 Å². The van der Waals surface area contributed by atoms with E-state index in [1.807, 2.05) is 157 Å². The molecule has 4 heterocycles. The van der Waals surface area contributed by atoms with Gasteiger partial charge in [0.2, 0.25) is 22.4 Å². The number of hydrogen-bond acceptors (Lipinski definition) is 6. The van der Waals surface area contributed by atoms with E-state index in [1.165, 1.54) is 33.9 Å². The first-order valence-electron chi connectivity index (χ1n) is 25.1. The predicted molar refractivity (Wildman–Crippen MR) is 303 cm³/mol. The van der Waals surface area contributed by atoms with E-state index in [0.717, 1.165) is 67.2 Å². The number of fused-ring (bicyclic) bond motifs is 4. The van der Waals surface area contributed by atoms with Crippen molar-refractivity contribution in [3.05, 3.63) is 240 Å². The number of aryl methyl sites for hydroxylation is 2. The van der Waals surface area contributed by atoms with Crippen LogP contribution in [0, 0.1) is 13.8 Å². The number of anilines is 3. The average molecular weight is 1080 g/mol. The maximum Gasteiger partial charge on any atom is 0.340 e. The summed E-state index contributed by atoms with van der Waals surface area (Å²) < 4.78 is 4.49. The first-order valence-corrected chi connectivity index (χ1v) is 25.1. The Morgan fingerprint density at radius 3 is 1.61 bits per heavy atom. The molecule has 2 aliphatic heterocycles. The minimum absolute atomic E-state index is 0. The standard InChI is InChI=1S/C25H29N2.C20H18N4.C19H15N4.3ClH/c1-24(2)18-12-7-9-14-20(18)26(5)22(24)16-11-17-23-25(3,4)19-13-8-10-15-21(19)27(23)6;1-12-8-17-19(10-15(12)21)24(14-6-4-3-5-7-14)20-11-16(22)13(2)9-18(20)23-17;1-4-10-16(11-5-1)19-20-22(17-12-6-2-7-13-17)23(21-19)18-14-8-3-9-15-18;;;/h7-17H,1-6H3;3-11H,1-2H3,(H3,21,22);1-15H;3*1H/q+1;;+1;;;/p-2. The van der Waals surface area contributed by atoms with E-state index in [9.17, 15) is 0 Å². The van der Waals surface area contributed by atoms with Gasteiger partial charge in [0.1, 0.15) is 23.8 Å². The fourth-order valence-electron chi connectivity index (χ4n) is 10.3. The number of nitrogens with two attached hydrogens (primary N) is 2. The lowest BCUT2D eigenvalue weighted by Gasteiger charge is -2.23. The van der Waals surface area contributed by atoms with Gasteiger partial charge in [-0.3, -0.25) is 0 Å². The molecule has 0 bridgehead atoms.